The average Bonchev–Trinajstić information content (AvgIpc) is 2.61. The van der Waals surface area contributed by atoms with Crippen LogP contribution in [0.1, 0.15) is 43.9 Å². The molecule has 1 N–H and O–H groups in total. The first-order valence-corrected chi connectivity index (χ1v) is 8.37. The fraction of sp³-hybridized carbons (Fsp3) is 0.316. The van der Waals surface area contributed by atoms with Gasteiger partial charge in [-0.25, -0.2) is 4.79 Å². The van der Waals surface area contributed by atoms with Crippen molar-refractivity contribution in [1.82, 2.24) is 9.97 Å². The van der Waals surface area contributed by atoms with Gasteiger partial charge in [0.15, 0.2) is 0 Å². The number of aromatic hydroxyl groups is 1. The molecule has 0 spiro atoms. The number of nitrogens with zero attached hydrogens (tertiary/aromatic N) is 2. The van der Waals surface area contributed by atoms with Crippen LogP contribution in [0, 0.1) is 0 Å². The van der Waals surface area contributed by atoms with Crippen molar-refractivity contribution in [2.24, 2.45) is 0 Å². The maximum absolute atomic E-state index is 11.7. The van der Waals surface area contributed by atoms with E-state index in [1.54, 1.807) is 0 Å². The third kappa shape index (κ3) is 3.63. The van der Waals surface area contributed by atoms with E-state index < -0.39 is 5.63 Å². The summed E-state index contributed by atoms with van der Waals surface area (Å²) in [4.78, 5) is 19.9. The zero-order valence-corrected chi connectivity index (χ0v) is 14.2. The lowest BCUT2D eigenvalue weighted by Crippen LogP contribution is -2.10. The molecule has 3 rings (SSSR count). The third-order valence-electron chi connectivity index (χ3n) is 4.00. The van der Waals surface area contributed by atoms with Crippen LogP contribution in [0.3, 0.4) is 0 Å². The Hall–Kier alpha value is -2.89. The minimum Gasteiger partial charge on any atom is -0.493 e. The highest BCUT2D eigenvalue weighted by atomic mass is 16.5. The fourth-order valence-corrected chi connectivity index (χ4v) is 2.79. The number of hydrogen-bond acceptors (Lipinski definition) is 6. The molecule has 25 heavy (non-hydrogen) atoms. The van der Waals surface area contributed by atoms with Gasteiger partial charge in [0.2, 0.25) is 11.6 Å². The van der Waals surface area contributed by atoms with E-state index in [2.05, 4.69) is 16.9 Å². The minimum absolute atomic E-state index is 0.0105. The molecule has 130 valence electrons. The van der Waals surface area contributed by atoms with Gasteiger partial charge in [-0.05, 0) is 24.0 Å². The van der Waals surface area contributed by atoms with Crippen molar-refractivity contribution in [1.29, 1.82) is 0 Å². The van der Waals surface area contributed by atoms with E-state index in [0.717, 1.165) is 18.4 Å². The first kappa shape index (κ1) is 17.0. The number of fused-ring (bicyclic) bond motifs is 1. The van der Waals surface area contributed by atoms with Crippen molar-refractivity contribution < 1.29 is 14.3 Å². The van der Waals surface area contributed by atoms with Gasteiger partial charge in [0.1, 0.15) is 11.5 Å². The van der Waals surface area contributed by atoms with E-state index in [-0.39, 0.29) is 23.7 Å². The van der Waals surface area contributed by atoms with Crippen LogP contribution in [0.2, 0.25) is 0 Å². The van der Waals surface area contributed by atoms with Crippen LogP contribution in [0.25, 0.3) is 11.1 Å². The quantitative estimate of drug-likeness (QED) is 0.735. The molecule has 0 amide bonds. The van der Waals surface area contributed by atoms with E-state index >= 15 is 0 Å². The zero-order chi connectivity index (χ0) is 17.8. The Labute approximate surface area is 145 Å². The molecule has 2 aromatic heterocycles. The Morgan fingerprint density at radius 2 is 1.96 bits per heavy atom. The van der Waals surface area contributed by atoms with Gasteiger partial charge >= 0.3 is 11.6 Å². The fourth-order valence-electron chi connectivity index (χ4n) is 2.79. The normalized spacial score (nSPS) is 12.2. The molecule has 3 aromatic rings. The van der Waals surface area contributed by atoms with Crippen LogP contribution in [0.4, 0.5) is 0 Å². The molecule has 0 aliphatic rings. The van der Waals surface area contributed by atoms with Crippen molar-refractivity contribution in [2.75, 3.05) is 0 Å². The van der Waals surface area contributed by atoms with Crippen LogP contribution in [-0.2, 0) is 6.42 Å². The molecule has 0 saturated heterocycles. The molecule has 2 heterocycles. The lowest BCUT2D eigenvalue weighted by atomic mass is 10.1. The zero-order valence-electron chi connectivity index (χ0n) is 14.2. The lowest BCUT2D eigenvalue weighted by Gasteiger charge is -2.18. The van der Waals surface area contributed by atoms with Gasteiger partial charge in [0.25, 0.3) is 0 Å². The summed E-state index contributed by atoms with van der Waals surface area (Å²) in [5.74, 6) is -0.246. The van der Waals surface area contributed by atoms with Crippen LogP contribution in [0.5, 0.6) is 11.9 Å². The maximum atomic E-state index is 11.7. The topological polar surface area (TPSA) is 85.5 Å². The van der Waals surface area contributed by atoms with Crippen molar-refractivity contribution in [3.8, 4) is 11.9 Å². The van der Waals surface area contributed by atoms with E-state index in [1.807, 2.05) is 37.3 Å². The highest BCUT2D eigenvalue weighted by Crippen LogP contribution is 2.29. The SMILES string of the molecule is CCC[C@H](Oc1nc(O)c2c(CC)cc(=O)oc2n1)c1ccccc1. The number of benzene rings is 1. The summed E-state index contributed by atoms with van der Waals surface area (Å²) in [5, 5.41) is 10.6. The van der Waals surface area contributed by atoms with Crippen LogP contribution in [-0.4, -0.2) is 15.1 Å². The summed E-state index contributed by atoms with van der Waals surface area (Å²) in [6.45, 7) is 3.94. The summed E-state index contributed by atoms with van der Waals surface area (Å²) in [5.41, 5.74) is 1.16. The molecule has 0 fully saturated rings. The van der Waals surface area contributed by atoms with Crippen LogP contribution < -0.4 is 10.4 Å². The van der Waals surface area contributed by atoms with Crippen molar-refractivity contribution in [3.63, 3.8) is 0 Å². The van der Waals surface area contributed by atoms with Gasteiger partial charge in [-0.2, -0.15) is 9.97 Å². The standard InChI is InChI=1S/C19H20N2O4/c1-3-8-14(13-9-6-5-7-10-13)24-19-20-17(23)16-12(4-2)11-15(22)25-18(16)21-19/h5-7,9-11,14H,3-4,8H2,1-2H3,(H,20,21,23)/t14-/m0/s1. The minimum atomic E-state index is -0.512. The Kier molecular flexibility index (Phi) is 4.97. The van der Waals surface area contributed by atoms with Crippen LogP contribution >= 0.6 is 0 Å². The molecule has 1 aromatic carbocycles. The molecule has 0 saturated carbocycles. The lowest BCUT2D eigenvalue weighted by molar-refractivity contribution is 0.175. The molecule has 0 unspecified atom stereocenters. The molecule has 6 heteroatoms. The number of aryl methyl sites for hydroxylation is 1. The van der Waals surface area contributed by atoms with Gasteiger partial charge in [0, 0.05) is 6.07 Å². The summed E-state index contributed by atoms with van der Waals surface area (Å²) in [6, 6.07) is 11.1. The molecule has 6 nitrogen and oxygen atoms in total. The second-order valence-electron chi connectivity index (χ2n) is 5.76. The summed E-state index contributed by atoms with van der Waals surface area (Å²) < 4.78 is 11.0. The smallest absolute Gasteiger partial charge is 0.337 e. The maximum Gasteiger partial charge on any atom is 0.337 e. The molecule has 1 atom stereocenters. The summed E-state index contributed by atoms with van der Waals surface area (Å²) >= 11 is 0. The van der Waals surface area contributed by atoms with Gasteiger partial charge in [-0.15, -0.1) is 0 Å². The van der Waals surface area contributed by atoms with Gasteiger partial charge in [-0.3, -0.25) is 0 Å². The second kappa shape index (κ2) is 7.34. The van der Waals surface area contributed by atoms with Gasteiger partial charge in [-0.1, -0.05) is 50.6 Å². The molecule has 0 aliphatic heterocycles. The summed E-state index contributed by atoms with van der Waals surface area (Å²) in [7, 11) is 0. The molecule has 0 radical (unpaired) electrons. The molecule has 0 aliphatic carbocycles. The first-order valence-electron chi connectivity index (χ1n) is 8.37. The van der Waals surface area contributed by atoms with Gasteiger partial charge in [0.05, 0.1) is 0 Å². The number of rotatable bonds is 6. The van der Waals surface area contributed by atoms with Crippen molar-refractivity contribution >= 4 is 11.1 Å². The van der Waals surface area contributed by atoms with Gasteiger partial charge < -0.3 is 14.3 Å². The Morgan fingerprint density at radius 1 is 1.20 bits per heavy atom. The average molecular weight is 340 g/mol. The predicted octanol–water partition coefficient (Wildman–Crippen LogP) is 3.77. The first-order chi connectivity index (χ1) is 12.1. The Balaban J connectivity index is 2.02. The second-order valence-corrected chi connectivity index (χ2v) is 5.76. The monoisotopic (exact) mass is 340 g/mol. The van der Waals surface area contributed by atoms with Crippen molar-refractivity contribution in [2.45, 2.75) is 39.2 Å². The van der Waals surface area contributed by atoms with E-state index in [4.69, 9.17) is 9.15 Å². The number of ether oxygens (including phenoxy) is 1. The van der Waals surface area contributed by atoms with Crippen LogP contribution in [0.15, 0.2) is 45.6 Å². The number of hydrogen-bond donors (Lipinski definition) is 1. The Morgan fingerprint density at radius 3 is 2.64 bits per heavy atom. The highest BCUT2D eigenvalue weighted by Gasteiger charge is 2.18. The third-order valence-corrected chi connectivity index (χ3v) is 4.00. The molecular weight excluding hydrogens is 320 g/mol. The van der Waals surface area contributed by atoms with E-state index in [0.29, 0.717) is 17.4 Å². The van der Waals surface area contributed by atoms with Crippen molar-refractivity contribution in [3.05, 3.63) is 57.9 Å². The van der Waals surface area contributed by atoms with E-state index in [9.17, 15) is 9.90 Å². The predicted molar refractivity (Wildman–Crippen MR) is 93.8 cm³/mol. The molecular formula is C19H20N2O4. The molecule has 0 bridgehead atoms. The number of aromatic nitrogens is 2. The van der Waals surface area contributed by atoms with E-state index in [1.165, 1.54) is 6.07 Å². The Bertz CT molecular complexity index is 922. The highest BCUT2D eigenvalue weighted by molar-refractivity contribution is 5.82. The largest absolute Gasteiger partial charge is 0.493 e. The summed E-state index contributed by atoms with van der Waals surface area (Å²) in [6.07, 6.45) is 1.99.